The first-order valence-corrected chi connectivity index (χ1v) is 7.12. The number of nitrogens with zero attached hydrogens (tertiary/aromatic N) is 1. The van der Waals surface area contributed by atoms with Crippen LogP contribution in [0.4, 0.5) is 0 Å². The number of aliphatic hydroxyl groups excluding tert-OH is 3. The summed E-state index contributed by atoms with van der Waals surface area (Å²) in [5.41, 5.74) is 0. The van der Waals surface area contributed by atoms with Gasteiger partial charge in [-0.3, -0.25) is 4.90 Å². The van der Waals surface area contributed by atoms with Gasteiger partial charge in [0.15, 0.2) is 11.5 Å². The molecule has 0 heterocycles. The normalized spacial score (nSPS) is 11.7. The van der Waals surface area contributed by atoms with E-state index in [1.54, 1.807) is 23.1 Å². The first kappa shape index (κ1) is 21.8. The minimum absolute atomic E-state index is 0. The third-order valence-electron chi connectivity index (χ3n) is 3.10. The van der Waals surface area contributed by atoms with Crippen molar-refractivity contribution in [2.45, 2.75) is 6.10 Å². The van der Waals surface area contributed by atoms with E-state index in [0.717, 1.165) is 0 Å². The predicted octanol–water partition coefficient (Wildman–Crippen LogP) is 0.152. The largest absolute Gasteiger partial charge is 0.493 e. The van der Waals surface area contributed by atoms with Crippen LogP contribution in [0.15, 0.2) is 18.2 Å². The molecule has 0 aliphatic carbocycles. The van der Waals surface area contributed by atoms with Crippen molar-refractivity contribution in [2.75, 3.05) is 53.7 Å². The summed E-state index contributed by atoms with van der Waals surface area (Å²) in [6.45, 7) is 1.04. The molecule has 1 atom stereocenters. The summed E-state index contributed by atoms with van der Waals surface area (Å²) in [4.78, 5) is 1.76. The second-order valence-corrected chi connectivity index (χ2v) is 4.70. The molecule has 0 saturated carbocycles. The number of benzene rings is 1. The van der Waals surface area contributed by atoms with E-state index in [9.17, 15) is 5.11 Å². The Morgan fingerprint density at radius 3 is 2.00 bits per heavy atom. The van der Waals surface area contributed by atoms with Gasteiger partial charge < -0.3 is 29.5 Å². The number of rotatable bonds is 11. The second kappa shape index (κ2) is 12.2. The summed E-state index contributed by atoms with van der Waals surface area (Å²) in [5, 5.41) is 28.0. The van der Waals surface area contributed by atoms with E-state index >= 15 is 0 Å². The lowest BCUT2D eigenvalue weighted by Gasteiger charge is -2.24. The van der Waals surface area contributed by atoms with Gasteiger partial charge >= 0.3 is 0 Å². The highest BCUT2D eigenvalue weighted by atomic mass is 35.5. The number of hydrogen-bond donors (Lipinski definition) is 3. The Morgan fingerprint density at radius 2 is 1.57 bits per heavy atom. The maximum absolute atomic E-state index is 10.0. The van der Waals surface area contributed by atoms with Crippen molar-refractivity contribution in [3.8, 4) is 17.2 Å². The highest BCUT2D eigenvalue weighted by Crippen LogP contribution is 2.36. The molecule has 3 N–H and O–H groups in total. The SMILES string of the molecule is COc1cccc(OC)c1OCC(O)CN(CCO)CCO.Cl. The third kappa shape index (κ3) is 7.24. The second-order valence-electron chi connectivity index (χ2n) is 4.70. The van der Waals surface area contributed by atoms with Gasteiger partial charge in [-0.25, -0.2) is 0 Å². The van der Waals surface area contributed by atoms with Gasteiger partial charge in [0.1, 0.15) is 12.7 Å². The molecule has 1 aromatic carbocycles. The third-order valence-corrected chi connectivity index (χ3v) is 3.10. The summed E-state index contributed by atoms with van der Waals surface area (Å²) in [6, 6.07) is 5.27. The van der Waals surface area contributed by atoms with Gasteiger partial charge in [-0.2, -0.15) is 0 Å². The molecule has 0 saturated heterocycles. The Balaban J connectivity index is 0.00000484. The lowest BCUT2D eigenvalue weighted by molar-refractivity contribution is 0.0537. The Kier molecular flexibility index (Phi) is 11.5. The number of ether oxygens (including phenoxy) is 3. The van der Waals surface area contributed by atoms with Gasteiger partial charge in [-0.05, 0) is 12.1 Å². The van der Waals surface area contributed by atoms with Crippen molar-refractivity contribution in [3.63, 3.8) is 0 Å². The van der Waals surface area contributed by atoms with Crippen LogP contribution >= 0.6 is 12.4 Å². The molecule has 134 valence electrons. The summed E-state index contributed by atoms with van der Waals surface area (Å²) < 4.78 is 16.0. The Hall–Kier alpha value is -1.25. The van der Waals surface area contributed by atoms with E-state index in [-0.39, 0.29) is 32.2 Å². The van der Waals surface area contributed by atoms with Crippen LogP contribution in [0.5, 0.6) is 17.2 Å². The summed E-state index contributed by atoms with van der Waals surface area (Å²) in [5.74, 6) is 1.48. The zero-order valence-electron chi connectivity index (χ0n) is 13.5. The van der Waals surface area contributed by atoms with Crippen molar-refractivity contribution in [3.05, 3.63) is 18.2 Å². The fourth-order valence-electron chi connectivity index (χ4n) is 2.07. The van der Waals surface area contributed by atoms with Gasteiger partial charge in [-0.15, -0.1) is 12.4 Å². The summed E-state index contributed by atoms with van der Waals surface area (Å²) in [6.07, 6.45) is -0.771. The lowest BCUT2D eigenvalue weighted by atomic mass is 10.3. The number of halogens is 1. The molecule has 7 nitrogen and oxygen atoms in total. The van der Waals surface area contributed by atoms with Crippen LogP contribution in [0.1, 0.15) is 0 Å². The molecule has 0 fully saturated rings. The lowest BCUT2D eigenvalue weighted by Crippen LogP contribution is -2.38. The molecule has 0 bridgehead atoms. The molecular formula is C15H26ClNO6. The first-order valence-electron chi connectivity index (χ1n) is 7.12. The Bertz CT molecular complexity index is 406. The van der Waals surface area contributed by atoms with E-state index < -0.39 is 6.10 Å². The number of methoxy groups -OCH3 is 2. The van der Waals surface area contributed by atoms with Crippen LogP contribution in [0, 0.1) is 0 Å². The smallest absolute Gasteiger partial charge is 0.203 e. The molecule has 1 rings (SSSR count). The summed E-state index contributed by atoms with van der Waals surface area (Å²) >= 11 is 0. The fraction of sp³-hybridized carbons (Fsp3) is 0.600. The molecular weight excluding hydrogens is 326 g/mol. The fourth-order valence-corrected chi connectivity index (χ4v) is 2.07. The molecule has 23 heavy (non-hydrogen) atoms. The Labute approximate surface area is 142 Å². The van der Waals surface area contributed by atoms with E-state index in [4.69, 9.17) is 24.4 Å². The van der Waals surface area contributed by atoms with E-state index in [0.29, 0.717) is 36.9 Å². The average Bonchev–Trinajstić information content (AvgIpc) is 2.52. The highest BCUT2D eigenvalue weighted by Gasteiger charge is 2.16. The van der Waals surface area contributed by atoms with Crippen molar-refractivity contribution in [2.24, 2.45) is 0 Å². The molecule has 0 aliphatic rings. The van der Waals surface area contributed by atoms with E-state index in [2.05, 4.69) is 0 Å². The molecule has 1 aromatic rings. The van der Waals surface area contributed by atoms with E-state index in [1.165, 1.54) is 14.2 Å². The molecule has 0 amide bonds. The van der Waals surface area contributed by atoms with Gasteiger partial charge in [0.25, 0.3) is 0 Å². The minimum Gasteiger partial charge on any atom is -0.493 e. The highest BCUT2D eigenvalue weighted by molar-refractivity contribution is 5.85. The Morgan fingerprint density at radius 1 is 1.04 bits per heavy atom. The van der Waals surface area contributed by atoms with Crippen molar-refractivity contribution < 1.29 is 29.5 Å². The quantitative estimate of drug-likeness (QED) is 0.522. The maximum Gasteiger partial charge on any atom is 0.203 e. The standard InChI is InChI=1S/C15H25NO6.ClH/c1-20-13-4-3-5-14(21-2)15(13)22-11-12(19)10-16(6-8-17)7-9-18;/h3-5,12,17-19H,6-11H2,1-2H3;1H. The van der Waals surface area contributed by atoms with Crippen LogP contribution in [0.2, 0.25) is 0 Å². The topological polar surface area (TPSA) is 91.6 Å². The van der Waals surface area contributed by atoms with Crippen molar-refractivity contribution in [1.82, 2.24) is 4.90 Å². The average molecular weight is 352 g/mol. The summed E-state index contributed by atoms with van der Waals surface area (Å²) in [7, 11) is 3.06. The minimum atomic E-state index is -0.771. The molecule has 0 radical (unpaired) electrons. The molecule has 0 aromatic heterocycles. The number of para-hydroxylation sites is 1. The number of aliphatic hydroxyl groups is 3. The number of hydrogen-bond acceptors (Lipinski definition) is 7. The van der Waals surface area contributed by atoms with Crippen molar-refractivity contribution in [1.29, 1.82) is 0 Å². The zero-order valence-corrected chi connectivity index (χ0v) is 14.3. The molecule has 0 aliphatic heterocycles. The molecule has 0 spiro atoms. The predicted molar refractivity (Wildman–Crippen MR) is 88.9 cm³/mol. The van der Waals surface area contributed by atoms with Crippen LogP contribution < -0.4 is 14.2 Å². The van der Waals surface area contributed by atoms with Crippen LogP contribution in [0.25, 0.3) is 0 Å². The van der Waals surface area contributed by atoms with E-state index in [1.807, 2.05) is 0 Å². The maximum atomic E-state index is 10.0. The van der Waals surface area contributed by atoms with Gasteiger partial charge in [0.2, 0.25) is 5.75 Å². The van der Waals surface area contributed by atoms with Gasteiger partial charge in [-0.1, -0.05) is 6.07 Å². The van der Waals surface area contributed by atoms with Crippen LogP contribution in [-0.2, 0) is 0 Å². The molecule has 1 unspecified atom stereocenters. The van der Waals surface area contributed by atoms with Gasteiger partial charge in [0.05, 0.1) is 27.4 Å². The van der Waals surface area contributed by atoms with Gasteiger partial charge in [0, 0.05) is 19.6 Å². The van der Waals surface area contributed by atoms with Crippen molar-refractivity contribution >= 4 is 12.4 Å². The first-order chi connectivity index (χ1) is 10.7. The van der Waals surface area contributed by atoms with Crippen LogP contribution in [0.3, 0.4) is 0 Å². The zero-order chi connectivity index (χ0) is 16.4. The molecule has 8 heteroatoms. The monoisotopic (exact) mass is 351 g/mol. The van der Waals surface area contributed by atoms with Crippen LogP contribution in [-0.4, -0.2) is 80.0 Å².